The number of hydrogen-bond donors (Lipinski definition) is 0. The minimum atomic E-state index is -0.800. The van der Waals surface area contributed by atoms with Gasteiger partial charge in [-0.1, -0.05) is 100 Å². The van der Waals surface area contributed by atoms with Crippen LogP contribution in [-0.2, 0) is 28.7 Å². The molecule has 0 aromatic heterocycles. The highest BCUT2D eigenvalue weighted by Crippen LogP contribution is 2.68. The van der Waals surface area contributed by atoms with Crippen molar-refractivity contribution in [1.29, 1.82) is 10.5 Å². The monoisotopic (exact) mass is 732 g/mol. The number of ether oxygens (including phenoxy) is 4. The molecule has 0 N–H and O–H groups in total. The van der Waals surface area contributed by atoms with Crippen molar-refractivity contribution in [3.8, 4) is 23.6 Å². The Morgan fingerprint density at radius 1 is 0.604 bits per heavy atom. The molecule has 10 nitrogen and oxygen atoms in total. The summed E-state index contributed by atoms with van der Waals surface area (Å²) in [5, 5.41) is 19.9. The van der Waals surface area contributed by atoms with Gasteiger partial charge in [-0.15, -0.1) is 0 Å². The summed E-state index contributed by atoms with van der Waals surface area (Å²) in [5.41, 5.74) is -0.451. The normalized spacial score (nSPS) is 14.2. The topological polar surface area (TPSA) is 153 Å². The van der Waals surface area contributed by atoms with Crippen LogP contribution < -0.4 is 9.47 Å². The first-order valence-electron chi connectivity index (χ1n) is 16.2. The molecule has 14 heteroatoms. The molecule has 2 aliphatic heterocycles. The van der Waals surface area contributed by atoms with Crippen molar-refractivity contribution < 1.29 is 38.1 Å². The first-order valence-corrected chi connectivity index (χ1v) is 19.4. The summed E-state index contributed by atoms with van der Waals surface area (Å²) < 4.78 is 23.2. The summed E-state index contributed by atoms with van der Waals surface area (Å²) >= 11 is 4.20. The zero-order valence-electron chi connectivity index (χ0n) is 28.0. The third-order valence-corrected chi connectivity index (χ3v) is 12.7. The zero-order chi connectivity index (χ0) is 35.4. The maximum absolute atomic E-state index is 13.7. The second kappa shape index (κ2) is 19.2. The molecule has 0 saturated carbocycles. The van der Waals surface area contributed by atoms with Crippen LogP contribution in [0.25, 0.3) is 0 Å². The predicted octanol–water partition coefficient (Wildman–Crippen LogP) is 8.92. The minimum absolute atomic E-state index is 0.0655. The second-order valence-corrected chi connectivity index (χ2v) is 15.3. The fourth-order valence-electron chi connectivity index (χ4n) is 4.79. The molecule has 1 aromatic carbocycles. The molecule has 0 aliphatic carbocycles. The fourth-order valence-corrected chi connectivity index (χ4v) is 10.1. The predicted molar refractivity (Wildman–Crippen MR) is 186 cm³/mol. The van der Waals surface area contributed by atoms with E-state index in [-0.39, 0.29) is 56.2 Å². The highest BCUT2D eigenvalue weighted by atomic mass is 32.2. The molecular weight excluding hydrogens is 693 g/mol. The summed E-state index contributed by atoms with van der Waals surface area (Å²) in [6.07, 6.45) is 5.85. The Morgan fingerprint density at radius 2 is 0.938 bits per heavy atom. The van der Waals surface area contributed by atoms with E-state index in [0.29, 0.717) is 45.3 Å². The van der Waals surface area contributed by atoms with Gasteiger partial charge in [-0.2, -0.15) is 10.5 Å². The summed E-state index contributed by atoms with van der Waals surface area (Å²) in [6.45, 7) is 11.3. The van der Waals surface area contributed by atoms with Crippen LogP contribution in [0.2, 0.25) is 0 Å². The first-order chi connectivity index (χ1) is 23.1. The molecule has 2 atom stereocenters. The molecule has 0 saturated heterocycles. The molecule has 48 heavy (non-hydrogen) atoms. The molecule has 2 heterocycles. The number of carbonyl (C=O) groups excluding carboxylic acids is 4. The lowest BCUT2D eigenvalue weighted by molar-refractivity contribution is -0.141. The van der Waals surface area contributed by atoms with Crippen LogP contribution in [0.1, 0.15) is 92.9 Å². The molecule has 0 bridgehead atoms. The van der Waals surface area contributed by atoms with Crippen LogP contribution in [0.15, 0.2) is 39.2 Å². The van der Waals surface area contributed by atoms with Crippen molar-refractivity contribution in [2.75, 3.05) is 13.2 Å². The third-order valence-electron chi connectivity index (χ3n) is 7.48. The van der Waals surface area contributed by atoms with Crippen LogP contribution >= 0.6 is 47.0 Å². The van der Waals surface area contributed by atoms with Gasteiger partial charge in [0.2, 0.25) is 0 Å². The van der Waals surface area contributed by atoms with Gasteiger partial charge in [-0.25, -0.2) is 9.59 Å². The number of carbonyl (C=O) groups is 4. The molecule has 3 rings (SSSR count). The van der Waals surface area contributed by atoms with Crippen LogP contribution in [0.4, 0.5) is 0 Å². The van der Waals surface area contributed by atoms with Gasteiger partial charge in [0.05, 0.1) is 53.1 Å². The van der Waals surface area contributed by atoms with E-state index in [4.69, 9.17) is 18.9 Å². The quantitative estimate of drug-likeness (QED) is 0.0688. The number of thioether (sulfide) groups is 4. The largest absolute Gasteiger partial charge is 0.462 e. The number of esters is 4. The molecule has 0 spiro atoms. The van der Waals surface area contributed by atoms with Crippen molar-refractivity contribution >= 4 is 70.9 Å². The van der Waals surface area contributed by atoms with Crippen molar-refractivity contribution in [2.45, 2.75) is 112 Å². The molecule has 1 aromatic rings. The lowest BCUT2D eigenvalue weighted by Crippen LogP contribution is -2.22. The number of hydrogen-bond acceptors (Lipinski definition) is 14. The maximum atomic E-state index is 13.7. The standard InChI is InChI=1S/C34H40N2O8S4/c1-7-13-15-19(9-3)29(37)43-23-25-27(47-33(45-25)21(17-35)31(39)41-11-5)24(44-30(38)20(10-4)16-14-8-2)28-26(23)46-34(48-28)22(18-36)32(40)42-12-6/h19-20H,7-16H2,1-6H3. The number of nitrogens with zero attached hydrogens (tertiary/aromatic N) is 2. The van der Waals surface area contributed by atoms with Gasteiger partial charge in [0, 0.05) is 0 Å². The minimum Gasteiger partial charge on any atom is -0.462 e. The first kappa shape index (κ1) is 39.4. The van der Waals surface area contributed by atoms with Crippen molar-refractivity contribution in [2.24, 2.45) is 11.8 Å². The molecule has 0 amide bonds. The van der Waals surface area contributed by atoms with Crippen molar-refractivity contribution in [3.05, 3.63) is 19.6 Å². The molecule has 258 valence electrons. The average Bonchev–Trinajstić information content (AvgIpc) is 3.70. The van der Waals surface area contributed by atoms with Gasteiger partial charge in [-0.05, 0) is 39.5 Å². The molecule has 0 radical (unpaired) electrons. The SMILES string of the molecule is CCCCC(CC)C(=O)Oc1c2c(c(OC(=O)C(CC)CCCC)c3c1SC(=C(C#N)C(=O)OCC)S3)SC(=C(C#N)C(=O)OCC)S2. The number of benzene rings is 1. The Labute approximate surface area is 299 Å². The zero-order valence-corrected chi connectivity index (χ0v) is 31.3. The fraction of sp³-hybridized carbons (Fsp3) is 0.529. The number of unbranched alkanes of at least 4 members (excludes halogenated alkanes) is 2. The van der Waals surface area contributed by atoms with Gasteiger partial charge in [0.15, 0.2) is 22.6 Å². The second-order valence-electron chi connectivity index (χ2n) is 10.7. The van der Waals surface area contributed by atoms with E-state index in [9.17, 15) is 29.7 Å². The number of rotatable bonds is 16. The summed E-state index contributed by atoms with van der Waals surface area (Å²) in [4.78, 5) is 54.4. The number of nitriles is 2. The highest BCUT2D eigenvalue weighted by molar-refractivity contribution is 8.26. The maximum Gasteiger partial charge on any atom is 0.350 e. The molecule has 2 unspecified atom stereocenters. The summed E-state index contributed by atoms with van der Waals surface area (Å²) in [7, 11) is 0. The van der Waals surface area contributed by atoms with Crippen molar-refractivity contribution in [1.82, 2.24) is 0 Å². The Bertz CT molecular complexity index is 1420. The van der Waals surface area contributed by atoms with Crippen LogP contribution in [0, 0.1) is 34.5 Å². The van der Waals surface area contributed by atoms with E-state index in [1.807, 2.05) is 39.8 Å². The number of fused-ring (bicyclic) bond motifs is 2. The average molecular weight is 733 g/mol. The summed E-state index contributed by atoms with van der Waals surface area (Å²) in [5.74, 6) is -2.97. The summed E-state index contributed by atoms with van der Waals surface area (Å²) in [6, 6.07) is 3.88. The third kappa shape index (κ3) is 9.14. The van der Waals surface area contributed by atoms with E-state index < -0.39 is 23.9 Å². The Hall–Kier alpha value is -3.04. The molecular formula is C34H40N2O8S4. The Balaban J connectivity index is 2.32. The van der Waals surface area contributed by atoms with Gasteiger partial charge in [0.25, 0.3) is 0 Å². The van der Waals surface area contributed by atoms with Crippen molar-refractivity contribution in [3.63, 3.8) is 0 Å². The van der Waals surface area contributed by atoms with Gasteiger partial charge >= 0.3 is 23.9 Å². The van der Waals surface area contributed by atoms with E-state index in [0.717, 1.165) is 72.7 Å². The van der Waals surface area contributed by atoms with Gasteiger partial charge < -0.3 is 18.9 Å². The van der Waals surface area contributed by atoms with E-state index in [1.165, 1.54) is 0 Å². The van der Waals surface area contributed by atoms with E-state index in [2.05, 4.69) is 0 Å². The molecule has 2 aliphatic rings. The Kier molecular flexibility index (Phi) is 15.8. The van der Waals surface area contributed by atoms with Gasteiger partial charge in [-0.3, -0.25) is 9.59 Å². The van der Waals surface area contributed by atoms with E-state index in [1.54, 1.807) is 13.8 Å². The van der Waals surface area contributed by atoms with E-state index >= 15 is 0 Å². The van der Waals surface area contributed by atoms with Gasteiger partial charge in [0.1, 0.15) is 12.1 Å². The molecule has 0 fully saturated rings. The van der Waals surface area contributed by atoms with Crippen LogP contribution in [0.5, 0.6) is 11.5 Å². The lowest BCUT2D eigenvalue weighted by Gasteiger charge is -2.20. The highest BCUT2D eigenvalue weighted by Gasteiger charge is 2.42. The lowest BCUT2D eigenvalue weighted by atomic mass is 10.00. The van der Waals surface area contributed by atoms with Crippen LogP contribution in [-0.4, -0.2) is 37.1 Å². The smallest absolute Gasteiger partial charge is 0.350 e. The Morgan fingerprint density at radius 3 is 1.19 bits per heavy atom. The van der Waals surface area contributed by atoms with Crippen LogP contribution in [0.3, 0.4) is 0 Å².